The van der Waals surface area contributed by atoms with Crippen LogP contribution in [0.15, 0.2) is 29.6 Å². The van der Waals surface area contributed by atoms with Gasteiger partial charge in [0, 0.05) is 4.88 Å². The number of carboxylic acid groups (broad SMARTS) is 1. The average Bonchev–Trinajstić information content (AvgIpc) is 2.65. The van der Waals surface area contributed by atoms with Crippen molar-refractivity contribution in [3.8, 4) is 11.1 Å². The van der Waals surface area contributed by atoms with E-state index in [1.165, 1.54) is 4.88 Å². The first-order valence-corrected chi connectivity index (χ1v) is 5.85. The molecule has 0 aliphatic rings. The second kappa shape index (κ2) is 4.10. The monoisotopic (exact) mass is 232 g/mol. The zero-order valence-electron chi connectivity index (χ0n) is 9.15. The van der Waals surface area contributed by atoms with Crippen molar-refractivity contribution in [3.05, 3.63) is 45.6 Å². The fourth-order valence-electron chi connectivity index (χ4n) is 1.65. The summed E-state index contributed by atoms with van der Waals surface area (Å²) < 4.78 is 0. The number of benzene rings is 1. The molecule has 1 heterocycles. The van der Waals surface area contributed by atoms with Crippen LogP contribution in [-0.2, 0) is 0 Å². The lowest BCUT2D eigenvalue weighted by Gasteiger charge is -2.04. The molecule has 0 amide bonds. The first-order chi connectivity index (χ1) is 7.58. The predicted octanol–water partition coefficient (Wildman–Crippen LogP) is 3.73. The van der Waals surface area contributed by atoms with Gasteiger partial charge in [-0.3, -0.25) is 0 Å². The van der Waals surface area contributed by atoms with Crippen molar-refractivity contribution in [2.75, 3.05) is 0 Å². The summed E-state index contributed by atoms with van der Waals surface area (Å²) in [7, 11) is 0. The molecule has 1 N–H and O–H groups in total. The van der Waals surface area contributed by atoms with Crippen molar-refractivity contribution >= 4 is 17.3 Å². The van der Waals surface area contributed by atoms with Gasteiger partial charge in [-0.15, -0.1) is 11.3 Å². The lowest BCUT2D eigenvalue weighted by Crippen LogP contribution is -1.96. The summed E-state index contributed by atoms with van der Waals surface area (Å²) >= 11 is 1.67. The molecule has 0 unspecified atom stereocenters. The van der Waals surface area contributed by atoms with Gasteiger partial charge < -0.3 is 5.11 Å². The van der Waals surface area contributed by atoms with Crippen LogP contribution in [-0.4, -0.2) is 11.1 Å². The number of carboxylic acids is 1. The molecule has 0 saturated carbocycles. The van der Waals surface area contributed by atoms with Crippen LogP contribution in [0, 0.1) is 13.8 Å². The molecule has 1 aromatic carbocycles. The van der Waals surface area contributed by atoms with E-state index in [4.69, 9.17) is 5.11 Å². The number of thiophene rings is 1. The lowest BCUT2D eigenvalue weighted by molar-refractivity contribution is 0.0697. The first-order valence-electron chi connectivity index (χ1n) is 4.97. The van der Waals surface area contributed by atoms with Gasteiger partial charge in [-0.25, -0.2) is 4.79 Å². The Morgan fingerprint density at radius 3 is 2.56 bits per heavy atom. The van der Waals surface area contributed by atoms with E-state index in [2.05, 4.69) is 11.4 Å². The summed E-state index contributed by atoms with van der Waals surface area (Å²) in [6, 6.07) is 7.31. The quantitative estimate of drug-likeness (QED) is 0.856. The third kappa shape index (κ3) is 1.99. The highest BCUT2D eigenvalue weighted by Gasteiger charge is 2.08. The Hall–Kier alpha value is -1.61. The van der Waals surface area contributed by atoms with Gasteiger partial charge in [-0.2, -0.15) is 0 Å². The molecule has 0 radical (unpaired) electrons. The lowest BCUT2D eigenvalue weighted by atomic mass is 10.00. The van der Waals surface area contributed by atoms with E-state index < -0.39 is 5.97 Å². The minimum Gasteiger partial charge on any atom is -0.478 e. The van der Waals surface area contributed by atoms with Crippen molar-refractivity contribution in [1.82, 2.24) is 0 Å². The molecule has 0 aliphatic heterocycles. The van der Waals surface area contributed by atoms with E-state index in [-0.39, 0.29) is 0 Å². The molecule has 0 aliphatic carbocycles. The van der Waals surface area contributed by atoms with Crippen LogP contribution in [0.2, 0.25) is 0 Å². The highest BCUT2D eigenvalue weighted by molar-refractivity contribution is 7.10. The van der Waals surface area contributed by atoms with Gasteiger partial charge >= 0.3 is 5.97 Å². The van der Waals surface area contributed by atoms with Gasteiger partial charge in [-0.1, -0.05) is 6.07 Å². The smallest absolute Gasteiger partial charge is 0.335 e. The van der Waals surface area contributed by atoms with Gasteiger partial charge in [0.25, 0.3) is 0 Å². The minimum atomic E-state index is -0.881. The first kappa shape index (κ1) is 10.9. The van der Waals surface area contributed by atoms with Gasteiger partial charge in [-0.05, 0) is 54.1 Å². The Morgan fingerprint density at radius 2 is 2.00 bits per heavy atom. The van der Waals surface area contributed by atoms with Crippen LogP contribution in [0.5, 0.6) is 0 Å². The molecule has 0 bridgehead atoms. The van der Waals surface area contributed by atoms with E-state index in [0.717, 1.165) is 16.7 Å². The van der Waals surface area contributed by atoms with Crippen LogP contribution < -0.4 is 0 Å². The van der Waals surface area contributed by atoms with E-state index >= 15 is 0 Å². The molecular formula is C13H12O2S. The van der Waals surface area contributed by atoms with Crippen molar-refractivity contribution in [2.45, 2.75) is 13.8 Å². The standard InChI is InChI=1S/C13H12O2S/c1-8-3-4-10(13(14)15)6-12(8)11-5-9(2)16-7-11/h3-7H,1-2H3,(H,14,15). The van der Waals surface area contributed by atoms with E-state index in [0.29, 0.717) is 5.56 Å². The molecule has 3 heteroatoms. The second-order valence-corrected chi connectivity index (χ2v) is 4.90. The third-order valence-electron chi connectivity index (χ3n) is 2.53. The Labute approximate surface area is 98.2 Å². The number of carbonyl (C=O) groups is 1. The second-order valence-electron chi connectivity index (χ2n) is 3.78. The maximum atomic E-state index is 10.9. The van der Waals surface area contributed by atoms with Crippen LogP contribution in [0.3, 0.4) is 0 Å². The van der Waals surface area contributed by atoms with E-state index in [9.17, 15) is 4.79 Å². The fourth-order valence-corrected chi connectivity index (χ4v) is 2.35. The molecule has 2 nitrogen and oxygen atoms in total. The number of aryl methyl sites for hydroxylation is 2. The van der Waals surface area contributed by atoms with Crippen LogP contribution in [0.25, 0.3) is 11.1 Å². The fraction of sp³-hybridized carbons (Fsp3) is 0.154. The SMILES string of the molecule is Cc1cc(-c2cc(C(=O)O)ccc2C)cs1. The van der Waals surface area contributed by atoms with Crippen LogP contribution in [0.4, 0.5) is 0 Å². The maximum Gasteiger partial charge on any atom is 0.335 e. The highest BCUT2D eigenvalue weighted by Crippen LogP contribution is 2.28. The zero-order valence-corrected chi connectivity index (χ0v) is 9.97. The summed E-state index contributed by atoms with van der Waals surface area (Å²) in [6.07, 6.45) is 0. The van der Waals surface area contributed by atoms with E-state index in [1.807, 2.05) is 19.9 Å². The minimum absolute atomic E-state index is 0.337. The summed E-state index contributed by atoms with van der Waals surface area (Å²) in [5.74, 6) is -0.881. The molecule has 0 saturated heterocycles. The predicted molar refractivity (Wildman–Crippen MR) is 66.2 cm³/mol. The number of hydrogen-bond acceptors (Lipinski definition) is 2. The van der Waals surface area contributed by atoms with E-state index in [1.54, 1.807) is 23.5 Å². The van der Waals surface area contributed by atoms with Crippen molar-refractivity contribution in [1.29, 1.82) is 0 Å². The Morgan fingerprint density at radius 1 is 1.25 bits per heavy atom. The van der Waals surface area contributed by atoms with Gasteiger partial charge in [0.05, 0.1) is 5.56 Å². The Bertz CT molecular complexity index is 541. The Kier molecular flexibility index (Phi) is 2.79. The molecule has 16 heavy (non-hydrogen) atoms. The molecular weight excluding hydrogens is 220 g/mol. The van der Waals surface area contributed by atoms with Crippen molar-refractivity contribution in [3.63, 3.8) is 0 Å². The molecule has 1 aromatic heterocycles. The van der Waals surface area contributed by atoms with Crippen molar-refractivity contribution in [2.24, 2.45) is 0 Å². The molecule has 0 spiro atoms. The summed E-state index contributed by atoms with van der Waals surface area (Å²) in [5, 5.41) is 11.0. The van der Waals surface area contributed by atoms with Crippen LogP contribution >= 0.6 is 11.3 Å². The summed E-state index contributed by atoms with van der Waals surface area (Å²) in [5.41, 5.74) is 3.54. The molecule has 82 valence electrons. The molecule has 2 aromatic rings. The zero-order chi connectivity index (χ0) is 11.7. The van der Waals surface area contributed by atoms with Crippen LogP contribution in [0.1, 0.15) is 20.8 Å². The maximum absolute atomic E-state index is 10.9. The van der Waals surface area contributed by atoms with Crippen molar-refractivity contribution < 1.29 is 9.90 Å². The normalized spacial score (nSPS) is 10.4. The summed E-state index contributed by atoms with van der Waals surface area (Å²) in [6.45, 7) is 4.04. The summed E-state index contributed by atoms with van der Waals surface area (Å²) in [4.78, 5) is 12.1. The average molecular weight is 232 g/mol. The third-order valence-corrected chi connectivity index (χ3v) is 3.39. The van der Waals surface area contributed by atoms with Gasteiger partial charge in [0.15, 0.2) is 0 Å². The Balaban J connectivity index is 2.55. The van der Waals surface area contributed by atoms with Gasteiger partial charge in [0.1, 0.15) is 0 Å². The topological polar surface area (TPSA) is 37.3 Å². The number of rotatable bonds is 2. The number of aromatic carboxylic acids is 1. The number of hydrogen-bond donors (Lipinski definition) is 1. The molecule has 0 atom stereocenters. The molecule has 0 fully saturated rings. The van der Waals surface area contributed by atoms with Gasteiger partial charge in [0.2, 0.25) is 0 Å². The molecule has 2 rings (SSSR count). The largest absolute Gasteiger partial charge is 0.478 e. The highest BCUT2D eigenvalue weighted by atomic mass is 32.1.